The van der Waals surface area contributed by atoms with Crippen LogP contribution in [0.5, 0.6) is 0 Å². The van der Waals surface area contributed by atoms with Crippen LogP contribution in [0.2, 0.25) is 0 Å². The van der Waals surface area contributed by atoms with E-state index in [1.807, 2.05) is 17.5 Å². The largest absolute Gasteiger partial charge is 0.399 e. The summed E-state index contributed by atoms with van der Waals surface area (Å²) in [4.78, 5) is 11.7. The Hall–Kier alpha value is -1.66. The molecule has 0 fully saturated rings. The molecule has 0 aliphatic carbocycles. The van der Waals surface area contributed by atoms with Gasteiger partial charge in [-0.05, 0) is 36.1 Å². The van der Waals surface area contributed by atoms with Crippen LogP contribution in [0.1, 0.15) is 12.8 Å². The minimum atomic E-state index is -1.00. The van der Waals surface area contributed by atoms with Gasteiger partial charge in [-0.15, -0.1) is 11.3 Å². The fourth-order valence-corrected chi connectivity index (χ4v) is 3.83. The second kappa shape index (κ2) is 7.21. The molecule has 106 valence electrons. The molecule has 3 N–H and O–H groups in total. The van der Waals surface area contributed by atoms with Gasteiger partial charge in [0.05, 0.1) is 15.0 Å². The van der Waals surface area contributed by atoms with E-state index in [1.165, 1.54) is 11.3 Å². The molecular formula is C14H16N2O2S2. The molecule has 1 aromatic carbocycles. The van der Waals surface area contributed by atoms with Crippen molar-refractivity contribution >= 4 is 39.4 Å². The lowest BCUT2D eigenvalue weighted by atomic mass is 10.2. The van der Waals surface area contributed by atoms with Crippen molar-refractivity contribution in [2.45, 2.75) is 17.1 Å². The molecule has 20 heavy (non-hydrogen) atoms. The number of amides is 1. The second-order valence-electron chi connectivity index (χ2n) is 4.26. The predicted octanol–water partition coefficient (Wildman–Crippen LogP) is 2.86. The Morgan fingerprint density at radius 2 is 2.15 bits per heavy atom. The lowest BCUT2D eigenvalue weighted by Gasteiger charge is -2.05. The molecule has 1 atom stereocenters. The number of thiophene rings is 1. The molecule has 1 unspecified atom stereocenters. The standard InChI is InChI=1S/C14H16N2O2S2/c15-11-4-1-5-12(10-11)16-13(17)6-3-9-20(18)14-7-2-8-19-14/h1-2,4-5,7-8,10H,3,6,9,15H2,(H,16,17). The number of nitrogens with two attached hydrogens (primary N) is 1. The molecule has 0 aliphatic heterocycles. The van der Waals surface area contributed by atoms with Gasteiger partial charge in [-0.2, -0.15) is 0 Å². The van der Waals surface area contributed by atoms with Gasteiger partial charge in [0, 0.05) is 23.5 Å². The van der Waals surface area contributed by atoms with Crippen LogP contribution >= 0.6 is 11.3 Å². The lowest BCUT2D eigenvalue weighted by molar-refractivity contribution is -0.116. The summed E-state index contributed by atoms with van der Waals surface area (Å²) >= 11 is 1.48. The summed E-state index contributed by atoms with van der Waals surface area (Å²) in [7, 11) is -1.00. The van der Waals surface area contributed by atoms with Crippen LogP contribution in [0.25, 0.3) is 0 Å². The number of carbonyl (C=O) groups is 1. The highest BCUT2D eigenvalue weighted by atomic mass is 32.2. The van der Waals surface area contributed by atoms with E-state index < -0.39 is 10.8 Å². The summed E-state index contributed by atoms with van der Waals surface area (Å²) in [6.45, 7) is 0. The van der Waals surface area contributed by atoms with E-state index in [0.717, 1.165) is 4.21 Å². The molecule has 0 spiro atoms. The average molecular weight is 308 g/mol. The van der Waals surface area contributed by atoms with E-state index in [-0.39, 0.29) is 5.91 Å². The maximum Gasteiger partial charge on any atom is 0.224 e. The molecule has 1 amide bonds. The molecule has 0 saturated heterocycles. The molecule has 0 radical (unpaired) electrons. The first-order chi connectivity index (χ1) is 9.65. The van der Waals surface area contributed by atoms with Crippen molar-refractivity contribution in [1.82, 2.24) is 0 Å². The molecule has 1 heterocycles. The van der Waals surface area contributed by atoms with Gasteiger partial charge in [0.2, 0.25) is 5.91 Å². The number of anilines is 2. The Morgan fingerprint density at radius 3 is 2.85 bits per heavy atom. The zero-order valence-corrected chi connectivity index (χ0v) is 12.5. The normalized spacial score (nSPS) is 12.0. The molecule has 1 aromatic heterocycles. The van der Waals surface area contributed by atoms with Gasteiger partial charge in [-0.1, -0.05) is 12.1 Å². The third-order valence-corrected chi connectivity index (χ3v) is 5.38. The van der Waals surface area contributed by atoms with Gasteiger partial charge in [0.25, 0.3) is 0 Å². The average Bonchev–Trinajstić information content (AvgIpc) is 2.92. The third-order valence-electron chi connectivity index (χ3n) is 2.62. The summed E-state index contributed by atoms with van der Waals surface area (Å²) in [6, 6.07) is 10.8. The zero-order chi connectivity index (χ0) is 14.4. The predicted molar refractivity (Wildman–Crippen MR) is 84.3 cm³/mol. The molecule has 2 aromatic rings. The highest BCUT2D eigenvalue weighted by molar-refractivity contribution is 7.87. The minimum Gasteiger partial charge on any atom is -0.399 e. The Kier molecular flexibility index (Phi) is 5.31. The first-order valence-corrected chi connectivity index (χ1v) is 8.42. The number of nitrogens with one attached hydrogen (secondary N) is 1. The maximum atomic E-state index is 11.9. The second-order valence-corrected chi connectivity index (χ2v) is 7.00. The first-order valence-electron chi connectivity index (χ1n) is 6.22. The van der Waals surface area contributed by atoms with Gasteiger partial charge in [-0.25, -0.2) is 0 Å². The SMILES string of the molecule is Nc1cccc(NC(=O)CCCS(=O)c2cccs2)c1. The van der Waals surface area contributed by atoms with Crippen LogP contribution in [0.15, 0.2) is 46.0 Å². The van der Waals surface area contributed by atoms with Crippen LogP contribution in [0.4, 0.5) is 11.4 Å². The molecule has 2 rings (SSSR count). The van der Waals surface area contributed by atoms with E-state index >= 15 is 0 Å². The Morgan fingerprint density at radius 1 is 1.30 bits per heavy atom. The molecule has 0 bridgehead atoms. The lowest BCUT2D eigenvalue weighted by Crippen LogP contribution is -2.12. The first kappa shape index (κ1) is 14.7. The van der Waals surface area contributed by atoms with Gasteiger partial charge < -0.3 is 11.1 Å². The van der Waals surface area contributed by atoms with Crippen LogP contribution in [0, 0.1) is 0 Å². The highest BCUT2D eigenvalue weighted by Crippen LogP contribution is 2.15. The fraction of sp³-hybridized carbons (Fsp3) is 0.214. The number of hydrogen-bond donors (Lipinski definition) is 2. The summed E-state index contributed by atoms with van der Waals surface area (Å²) < 4.78 is 12.7. The minimum absolute atomic E-state index is 0.0845. The number of carbonyl (C=O) groups excluding carboxylic acids is 1. The topological polar surface area (TPSA) is 72.2 Å². The number of rotatable bonds is 6. The van der Waals surface area contributed by atoms with Crippen molar-refractivity contribution in [1.29, 1.82) is 0 Å². The van der Waals surface area contributed by atoms with E-state index in [1.54, 1.807) is 24.3 Å². The zero-order valence-electron chi connectivity index (χ0n) is 10.9. The number of nitrogen functional groups attached to an aromatic ring is 1. The van der Waals surface area contributed by atoms with Gasteiger partial charge in [0.15, 0.2) is 0 Å². The van der Waals surface area contributed by atoms with Crippen LogP contribution in [-0.4, -0.2) is 15.9 Å². The third kappa shape index (κ3) is 4.47. The van der Waals surface area contributed by atoms with Crippen molar-refractivity contribution in [3.8, 4) is 0 Å². The van der Waals surface area contributed by atoms with E-state index in [2.05, 4.69) is 5.32 Å². The highest BCUT2D eigenvalue weighted by Gasteiger charge is 2.07. The van der Waals surface area contributed by atoms with Crippen molar-refractivity contribution < 1.29 is 9.00 Å². The van der Waals surface area contributed by atoms with Crippen LogP contribution in [0.3, 0.4) is 0 Å². The maximum absolute atomic E-state index is 11.9. The Labute approximate surface area is 124 Å². The van der Waals surface area contributed by atoms with E-state index in [4.69, 9.17) is 5.73 Å². The number of hydrogen-bond acceptors (Lipinski definition) is 4. The molecule has 6 heteroatoms. The molecular weight excluding hydrogens is 292 g/mol. The summed E-state index contributed by atoms with van der Waals surface area (Å²) in [5, 5.41) is 4.68. The van der Waals surface area contributed by atoms with E-state index in [0.29, 0.717) is 30.0 Å². The molecule has 0 aliphatic rings. The summed E-state index contributed by atoms with van der Waals surface area (Å²) in [6.07, 6.45) is 0.949. The van der Waals surface area contributed by atoms with Gasteiger partial charge >= 0.3 is 0 Å². The Balaban J connectivity index is 1.74. The fourth-order valence-electron chi connectivity index (χ4n) is 1.70. The van der Waals surface area contributed by atoms with Crippen LogP contribution < -0.4 is 11.1 Å². The Bertz CT molecular complexity index is 597. The van der Waals surface area contributed by atoms with Gasteiger partial charge in [0.1, 0.15) is 0 Å². The molecule has 4 nitrogen and oxygen atoms in total. The smallest absolute Gasteiger partial charge is 0.224 e. The number of benzene rings is 1. The van der Waals surface area contributed by atoms with Crippen LogP contribution in [-0.2, 0) is 15.6 Å². The monoisotopic (exact) mass is 308 g/mol. The van der Waals surface area contributed by atoms with Crippen molar-refractivity contribution in [2.75, 3.05) is 16.8 Å². The van der Waals surface area contributed by atoms with Crippen molar-refractivity contribution in [3.05, 3.63) is 41.8 Å². The summed E-state index contributed by atoms with van der Waals surface area (Å²) in [5.41, 5.74) is 6.94. The van der Waals surface area contributed by atoms with Crippen molar-refractivity contribution in [3.63, 3.8) is 0 Å². The summed E-state index contributed by atoms with van der Waals surface area (Å²) in [5.74, 6) is 0.420. The molecule has 0 saturated carbocycles. The van der Waals surface area contributed by atoms with E-state index in [9.17, 15) is 9.00 Å². The van der Waals surface area contributed by atoms with Gasteiger partial charge in [-0.3, -0.25) is 9.00 Å². The quantitative estimate of drug-likeness (QED) is 0.806. The van der Waals surface area contributed by atoms with Crippen molar-refractivity contribution in [2.24, 2.45) is 0 Å².